The smallest absolute Gasteiger partial charge is 0.322 e. The largest absolute Gasteiger partial charge is 0.480 e. The number of carboxylic acid groups (broad SMARTS) is 1. The van der Waals surface area contributed by atoms with Crippen LogP contribution < -0.4 is 21.3 Å². The highest BCUT2D eigenvalue weighted by molar-refractivity contribution is 5.89. The molecule has 0 radical (unpaired) electrons. The van der Waals surface area contributed by atoms with Crippen LogP contribution in [-0.4, -0.2) is 60.5 Å². The van der Waals surface area contributed by atoms with Crippen LogP contribution in [0.15, 0.2) is 0 Å². The summed E-state index contributed by atoms with van der Waals surface area (Å²) in [4.78, 5) is 44.1. The fraction of sp³-hybridized carbons (Fsp3) is 0.667. The van der Waals surface area contributed by atoms with Gasteiger partial charge in [-0.25, -0.2) is 0 Å². The van der Waals surface area contributed by atoms with Crippen LogP contribution in [-0.2, 0) is 19.2 Å². The Morgan fingerprint density at radius 1 is 0.762 bits per heavy atom. The van der Waals surface area contributed by atoms with Crippen molar-refractivity contribution in [1.29, 1.82) is 0 Å². The number of carbonyl (C=O) groups is 4. The Morgan fingerprint density at radius 2 is 1.14 bits per heavy atom. The minimum absolute atomic E-state index is 0.0792. The van der Waals surface area contributed by atoms with Crippen LogP contribution in [0.3, 0.4) is 0 Å². The van der Waals surface area contributed by atoms with Crippen molar-refractivity contribution in [3.63, 3.8) is 0 Å². The molecule has 0 spiro atoms. The minimum atomic E-state index is -1.17. The SMILES string of the molecule is CC(C)(C)NCC(=O)NCC(=O)NCC(=O)NCC(=O)O. The number of hydrogen-bond acceptors (Lipinski definition) is 5. The molecule has 120 valence electrons. The van der Waals surface area contributed by atoms with E-state index in [2.05, 4.69) is 21.3 Å². The summed E-state index contributed by atoms with van der Waals surface area (Å²) in [7, 11) is 0. The molecular weight excluding hydrogens is 280 g/mol. The van der Waals surface area contributed by atoms with Crippen molar-refractivity contribution in [3.8, 4) is 0 Å². The second-order valence-electron chi connectivity index (χ2n) is 5.33. The van der Waals surface area contributed by atoms with Gasteiger partial charge in [0.15, 0.2) is 0 Å². The van der Waals surface area contributed by atoms with E-state index in [0.717, 1.165) is 0 Å². The molecule has 0 aliphatic carbocycles. The van der Waals surface area contributed by atoms with Gasteiger partial charge >= 0.3 is 5.97 Å². The van der Waals surface area contributed by atoms with Crippen LogP contribution in [0, 0.1) is 0 Å². The molecule has 0 aromatic heterocycles. The van der Waals surface area contributed by atoms with Crippen molar-refractivity contribution in [2.75, 3.05) is 26.2 Å². The van der Waals surface area contributed by atoms with E-state index in [4.69, 9.17) is 5.11 Å². The molecule has 0 atom stereocenters. The molecule has 0 heterocycles. The summed E-state index contributed by atoms with van der Waals surface area (Å²) in [6.45, 7) is 4.69. The second-order valence-corrected chi connectivity index (χ2v) is 5.33. The van der Waals surface area contributed by atoms with Crippen LogP contribution >= 0.6 is 0 Å². The maximum atomic E-state index is 11.4. The predicted molar refractivity (Wildman–Crippen MR) is 74.4 cm³/mol. The average molecular weight is 302 g/mol. The molecule has 9 nitrogen and oxygen atoms in total. The highest BCUT2D eigenvalue weighted by Crippen LogP contribution is 1.96. The molecule has 0 rings (SSSR count). The highest BCUT2D eigenvalue weighted by atomic mass is 16.4. The van der Waals surface area contributed by atoms with E-state index in [1.165, 1.54) is 0 Å². The first-order chi connectivity index (χ1) is 9.60. The average Bonchev–Trinajstić information content (AvgIpc) is 2.37. The van der Waals surface area contributed by atoms with E-state index < -0.39 is 24.3 Å². The molecule has 0 saturated heterocycles. The first-order valence-electron chi connectivity index (χ1n) is 6.37. The van der Waals surface area contributed by atoms with Gasteiger partial charge in [0.25, 0.3) is 0 Å². The van der Waals surface area contributed by atoms with Crippen LogP contribution in [0.4, 0.5) is 0 Å². The zero-order chi connectivity index (χ0) is 16.5. The zero-order valence-corrected chi connectivity index (χ0v) is 12.4. The lowest BCUT2D eigenvalue weighted by atomic mass is 10.1. The van der Waals surface area contributed by atoms with Crippen molar-refractivity contribution in [3.05, 3.63) is 0 Å². The van der Waals surface area contributed by atoms with E-state index >= 15 is 0 Å². The van der Waals surface area contributed by atoms with Crippen molar-refractivity contribution in [2.45, 2.75) is 26.3 Å². The van der Waals surface area contributed by atoms with Gasteiger partial charge in [0.1, 0.15) is 6.54 Å². The van der Waals surface area contributed by atoms with E-state index in [1.54, 1.807) is 0 Å². The maximum absolute atomic E-state index is 11.4. The number of carboxylic acids is 1. The van der Waals surface area contributed by atoms with E-state index in [1.807, 2.05) is 20.8 Å². The van der Waals surface area contributed by atoms with Crippen molar-refractivity contribution in [1.82, 2.24) is 21.3 Å². The molecule has 9 heteroatoms. The highest BCUT2D eigenvalue weighted by Gasteiger charge is 2.12. The Hall–Kier alpha value is -2.16. The topological polar surface area (TPSA) is 137 Å². The lowest BCUT2D eigenvalue weighted by Gasteiger charge is -2.19. The number of rotatable bonds is 8. The molecule has 0 bridgehead atoms. The third-order valence-corrected chi connectivity index (χ3v) is 2.11. The number of carbonyl (C=O) groups excluding carboxylic acids is 3. The number of aliphatic carboxylic acids is 1. The Labute approximate surface area is 122 Å². The molecular formula is C12H22N4O5. The molecule has 0 aliphatic rings. The third kappa shape index (κ3) is 12.6. The summed E-state index contributed by atoms with van der Waals surface area (Å²) in [6.07, 6.45) is 0. The second kappa shape index (κ2) is 8.90. The van der Waals surface area contributed by atoms with E-state index in [0.29, 0.717) is 0 Å². The normalized spacial score (nSPS) is 10.6. The first-order valence-corrected chi connectivity index (χ1v) is 6.37. The van der Waals surface area contributed by atoms with Gasteiger partial charge in [-0.05, 0) is 20.8 Å². The summed E-state index contributed by atoms with van der Waals surface area (Å²) < 4.78 is 0. The van der Waals surface area contributed by atoms with Crippen molar-refractivity contribution >= 4 is 23.7 Å². The maximum Gasteiger partial charge on any atom is 0.322 e. The summed E-state index contributed by atoms with van der Waals surface area (Å²) in [6, 6.07) is 0. The monoisotopic (exact) mass is 302 g/mol. The summed E-state index contributed by atoms with van der Waals surface area (Å²) >= 11 is 0. The van der Waals surface area contributed by atoms with Gasteiger partial charge in [0.05, 0.1) is 19.6 Å². The first kappa shape index (κ1) is 18.8. The van der Waals surface area contributed by atoms with Gasteiger partial charge in [-0.1, -0.05) is 0 Å². The molecule has 0 aromatic carbocycles. The lowest BCUT2D eigenvalue weighted by Crippen LogP contribution is -2.46. The fourth-order valence-corrected chi connectivity index (χ4v) is 1.06. The van der Waals surface area contributed by atoms with Gasteiger partial charge in [-0.3, -0.25) is 19.2 Å². The molecule has 0 unspecified atom stereocenters. The van der Waals surface area contributed by atoms with Gasteiger partial charge in [0, 0.05) is 5.54 Å². The van der Waals surface area contributed by atoms with Crippen LogP contribution in [0.1, 0.15) is 20.8 Å². The Balaban J connectivity index is 3.78. The number of nitrogens with one attached hydrogen (secondary N) is 4. The predicted octanol–water partition coefficient (Wildman–Crippen LogP) is -2.19. The zero-order valence-electron chi connectivity index (χ0n) is 12.4. The molecule has 3 amide bonds. The fourth-order valence-electron chi connectivity index (χ4n) is 1.06. The molecule has 0 saturated carbocycles. The summed E-state index contributed by atoms with van der Waals surface area (Å²) in [5.74, 6) is -2.67. The Morgan fingerprint density at radius 3 is 1.52 bits per heavy atom. The number of hydrogen-bond donors (Lipinski definition) is 5. The minimum Gasteiger partial charge on any atom is -0.480 e. The third-order valence-electron chi connectivity index (χ3n) is 2.11. The van der Waals surface area contributed by atoms with Crippen LogP contribution in [0.2, 0.25) is 0 Å². The Bertz CT molecular complexity index is 403. The summed E-state index contributed by atoms with van der Waals surface area (Å²) in [5.41, 5.74) is -0.207. The number of amides is 3. The summed E-state index contributed by atoms with van der Waals surface area (Å²) in [5, 5.41) is 18.0. The van der Waals surface area contributed by atoms with Gasteiger partial charge in [-0.2, -0.15) is 0 Å². The molecule has 21 heavy (non-hydrogen) atoms. The lowest BCUT2D eigenvalue weighted by molar-refractivity contribution is -0.137. The standard InChI is InChI=1S/C12H22N4O5/c1-12(2,3)16-6-10(19)14-4-8(17)13-5-9(18)15-7-11(20)21/h16H,4-7H2,1-3H3,(H,13,17)(H,14,19)(H,15,18)(H,20,21). The van der Waals surface area contributed by atoms with Crippen molar-refractivity contribution in [2.24, 2.45) is 0 Å². The van der Waals surface area contributed by atoms with E-state index in [9.17, 15) is 19.2 Å². The van der Waals surface area contributed by atoms with Crippen LogP contribution in [0.25, 0.3) is 0 Å². The molecule has 5 N–H and O–H groups in total. The van der Waals surface area contributed by atoms with Gasteiger partial charge in [0.2, 0.25) is 17.7 Å². The van der Waals surface area contributed by atoms with Gasteiger partial charge in [-0.15, -0.1) is 0 Å². The van der Waals surface area contributed by atoms with Gasteiger partial charge < -0.3 is 26.4 Å². The van der Waals surface area contributed by atoms with E-state index in [-0.39, 0.29) is 31.1 Å². The Kier molecular flexibility index (Phi) is 7.99. The van der Waals surface area contributed by atoms with Crippen molar-refractivity contribution < 1.29 is 24.3 Å². The molecule has 0 fully saturated rings. The molecule has 0 aliphatic heterocycles. The quantitative estimate of drug-likeness (QED) is 0.345. The molecule has 0 aromatic rings. The van der Waals surface area contributed by atoms with Crippen LogP contribution in [0.5, 0.6) is 0 Å².